The lowest BCUT2D eigenvalue weighted by Gasteiger charge is -2.31. The molecule has 0 fully saturated rings. The van der Waals surface area contributed by atoms with Crippen LogP contribution in [-0.4, -0.2) is 30.2 Å². The molecule has 2 aromatic carbocycles. The second-order valence-corrected chi connectivity index (χ2v) is 7.23. The van der Waals surface area contributed by atoms with Crippen molar-refractivity contribution in [2.75, 3.05) is 20.8 Å². The second-order valence-electron chi connectivity index (χ2n) is 7.23. The predicted octanol–water partition coefficient (Wildman–Crippen LogP) is 4.78. The number of aryl methyl sites for hydroxylation is 1. The van der Waals surface area contributed by atoms with E-state index in [1.165, 1.54) is 12.1 Å². The minimum Gasteiger partial charge on any atom is -0.497 e. The summed E-state index contributed by atoms with van der Waals surface area (Å²) in [6.07, 6.45) is 2.97. The Morgan fingerprint density at radius 3 is 2.45 bits per heavy atom. The predicted molar refractivity (Wildman–Crippen MR) is 107 cm³/mol. The topological polar surface area (TPSA) is 26.6 Å². The average Bonchev–Trinajstić information content (AvgIpc) is 3.11. The van der Waals surface area contributed by atoms with E-state index in [-0.39, 0.29) is 6.04 Å². The van der Waals surface area contributed by atoms with Crippen molar-refractivity contribution in [1.29, 1.82) is 0 Å². The number of aromatic nitrogens is 1. The first-order chi connectivity index (χ1) is 14.1. The van der Waals surface area contributed by atoms with Gasteiger partial charge in [-0.05, 0) is 54.4 Å². The van der Waals surface area contributed by atoms with Gasteiger partial charge in [0.1, 0.15) is 23.1 Å². The van der Waals surface area contributed by atoms with Crippen LogP contribution in [0.5, 0.6) is 11.5 Å². The Labute approximate surface area is 169 Å². The largest absolute Gasteiger partial charge is 0.497 e. The molecule has 0 saturated heterocycles. The third kappa shape index (κ3) is 3.98. The minimum absolute atomic E-state index is 0.140. The molecule has 4 rings (SSSR count). The van der Waals surface area contributed by atoms with Crippen LogP contribution in [0.15, 0.2) is 54.7 Å². The van der Waals surface area contributed by atoms with Crippen molar-refractivity contribution in [3.8, 4) is 11.5 Å². The highest BCUT2D eigenvalue weighted by Crippen LogP contribution is 2.37. The molecule has 3 aromatic rings. The Balaban J connectivity index is 1.80. The van der Waals surface area contributed by atoms with Crippen molar-refractivity contribution < 1.29 is 18.3 Å². The van der Waals surface area contributed by atoms with Gasteiger partial charge in [0.05, 0.1) is 20.3 Å². The van der Waals surface area contributed by atoms with E-state index in [4.69, 9.17) is 9.47 Å². The monoisotopic (exact) mass is 398 g/mol. The zero-order valence-corrected chi connectivity index (χ0v) is 16.6. The van der Waals surface area contributed by atoms with Crippen LogP contribution < -0.4 is 9.47 Å². The van der Waals surface area contributed by atoms with E-state index in [1.54, 1.807) is 14.2 Å². The smallest absolute Gasteiger partial charge is 0.127 e. The maximum Gasteiger partial charge on any atom is 0.127 e. The van der Waals surface area contributed by atoms with E-state index in [1.807, 2.05) is 24.3 Å². The van der Waals surface area contributed by atoms with Gasteiger partial charge in [0.25, 0.3) is 0 Å². The first-order valence-corrected chi connectivity index (χ1v) is 9.65. The van der Waals surface area contributed by atoms with Gasteiger partial charge in [-0.15, -0.1) is 0 Å². The van der Waals surface area contributed by atoms with Gasteiger partial charge in [0, 0.05) is 43.2 Å². The van der Waals surface area contributed by atoms with Gasteiger partial charge in [0.15, 0.2) is 0 Å². The molecule has 0 saturated carbocycles. The van der Waals surface area contributed by atoms with Crippen molar-refractivity contribution in [3.05, 3.63) is 83.2 Å². The Bertz CT molecular complexity index is 980. The highest BCUT2D eigenvalue weighted by molar-refractivity contribution is 5.42. The number of fused-ring (bicyclic) bond motifs is 1. The van der Waals surface area contributed by atoms with Crippen molar-refractivity contribution in [2.24, 2.45) is 0 Å². The van der Waals surface area contributed by atoms with E-state index < -0.39 is 11.6 Å². The number of hydrogen-bond donors (Lipinski definition) is 0. The fourth-order valence-corrected chi connectivity index (χ4v) is 4.06. The summed E-state index contributed by atoms with van der Waals surface area (Å²) in [6.45, 7) is 1.93. The summed E-state index contributed by atoms with van der Waals surface area (Å²) in [5.41, 5.74) is 2.44. The maximum absolute atomic E-state index is 14.4. The summed E-state index contributed by atoms with van der Waals surface area (Å²) >= 11 is 0. The Hall–Kier alpha value is -2.86. The summed E-state index contributed by atoms with van der Waals surface area (Å²) in [7, 11) is 3.24. The highest BCUT2D eigenvalue weighted by atomic mass is 19.1. The zero-order chi connectivity index (χ0) is 20.4. The van der Waals surface area contributed by atoms with E-state index >= 15 is 0 Å². The lowest BCUT2D eigenvalue weighted by Crippen LogP contribution is -2.30. The van der Waals surface area contributed by atoms with Crippen LogP contribution in [0.2, 0.25) is 0 Å². The maximum atomic E-state index is 14.4. The summed E-state index contributed by atoms with van der Waals surface area (Å²) < 4.78 is 41.3. The van der Waals surface area contributed by atoms with Gasteiger partial charge < -0.3 is 14.0 Å². The van der Waals surface area contributed by atoms with Crippen LogP contribution in [0.3, 0.4) is 0 Å². The van der Waals surface area contributed by atoms with Crippen LogP contribution in [0.4, 0.5) is 8.78 Å². The molecule has 0 aliphatic carbocycles. The van der Waals surface area contributed by atoms with Gasteiger partial charge >= 0.3 is 0 Å². The van der Waals surface area contributed by atoms with Crippen LogP contribution in [-0.2, 0) is 13.1 Å². The number of hydrogen-bond acceptors (Lipinski definition) is 3. The van der Waals surface area contributed by atoms with Crippen LogP contribution >= 0.6 is 0 Å². The molecule has 4 nitrogen and oxygen atoms in total. The highest BCUT2D eigenvalue weighted by Gasteiger charge is 2.29. The fourth-order valence-electron chi connectivity index (χ4n) is 4.06. The molecule has 0 spiro atoms. The normalized spacial score (nSPS) is 16.9. The number of nitrogens with zero attached hydrogens (tertiary/aromatic N) is 2. The molecule has 1 aliphatic heterocycles. The molecule has 0 radical (unpaired) electrons. The van der Waals surface area contributed by atoms with Crippen LogP contribution in [0.1, 0.15) is 29.3 Å². The van der Waals surface area contributed by atoms with Crippen molar-refractivity contribution in [3.63, 3.8) is 0 Å². The Morgan fingerprint density at radius 2 is 1.72 bits per heavy atom. The Morgan fingerprint density at radius 1 is 0.966 bits per heavy atom. The lowest BCUT2D eigenvalue weighted by molar-refractivity contribution is 0.216. The van der Waals surface area contributed by atoms with Crippen molar-refractivity contribution in [1.82, 2.24) is 9.47 Å². The molecular formula is C23H24F2N2O2. The average molecular weight is 398 g/mol. The van der Waals surface area contributed by atoms with Gasteiger partial charge in [-0.2, -0.15) is 0 Å². The molecule has 152 valence electrons. The number of halogens is 2. The van der Waals surface area contributed by atoms with E-state index in [2.05, 4.69) is 21.7 Å². The van der Waals surface area contributed by atoms with Crippen LogP contribution in [0, 0.1) is 11.6 Å². The van der Waals surface area contributed by atoms with E-state index in [0.29, 0.717) is 23.6 Å². The Kier molecular flexibility index (Phi) is 5.53. The molecule has 0 N–H and O–H groups in total. The summed E-state index contributed by atoms with van der Waals surface area (Å²) in [6, 6.07) is 13.4. The third-order valence-corrected chi connectivity index (χ3v) is 5.42. The molecule has 1 aromatic heterocycles. The van der Waals surface area contributed by atoms with Gasteiger partial charge in [0.2, 0.25) is 0 Å². The number of methoxy groups -OCH3 is 2. The number of benzene rings is 2. The standard InChI is InChI=1S/C23H24F2N2O2/c1-28-19-12-16(13-20(14-19)29-2)23-22-5-3-8-26(22)9-4-10-27(23)15-17-11-18(24)6-7-21(17)25/h3,5-8,11-14,23H,4,9-10,15H2,1-2H3. The third-order valence-electron chi connectivity index (χ3n) is 5.42. The number of rotatable bonds is 5. The van der Waals surface area contributed by atoms with E-state index in [9.17, 15) is 8.78 Å². The van der Waals surface area contributed by atoms with E-state index in [0.717, 1.165) is 36.8 Å². The fraction of sp³-hybridized carbons (Fsp3) is 0.304. The molecule has 1 unspecified atom stereocenters. The molecule has 29 heavy (non-hydrogen) atoms. The first-order valence-electron chi connectivity index (χ1n) is 9.65. The lowest BCUT2D eigenvalue weighted by atomic mass is 10.00. The summed E-state index contributed by atoms with van der Waals surface area (Å²) in [4.78, 5) is 2.19. The van der Waals surface area contributed by atoms with Gasteiger partial charge in [-0.1, -0.05) is 0 Å². The van der Waals surface area contributed by atoms with Gasteiger partial charge in [-0.3, -0.25) is 4.90 Å². The molecule has 0 bridgehead atoms. The summed E-state index contributed by atoms with van der Waals surface area (Å²) in [5.74, 6) is 0.560. The first kappa shape index (κ1) is 19.5. The summed E-state index contributed by atoms with van der Waals surface area (Å²) in [5, 5.41) is 0. The molecule has 1 atom stereocenters. The molecule has 6 heteroatoms. The molecule has 2 heterocycles. The van der Waals surface area contributed by atoms with Crippen molar-refractivity contribution >= 4 is 0 Å². The van der Waals surface area contributed by atoms with Crippen LogP contribution in [0.25, 0.3) is 0 Å². The SMILES string of the molecule is COc1cc(OC)cc(C2c3cccn3CCCN2Cc2cc(F)ccc2F)c1. The zero-order valence-electron chi connectivity index (χ0n) is 16.6. The second kappa shape index (κ2) is 8.25. The minimum atomic E-state index is -0.431. The molecule has 1 aliphatic rings. The molecular weight excluding hydrogens is 374 g/mol. The number of ether oxygens (including phenoxy) is 2. The van der Waals surface area contributed by atoms with Crippen molar-refractivity contribution in [2.45, 2.75) is 25.6 Å². The van der Waals surface area contributed by atoms with Gasteiger partial charge in [-0.25, -0.2) is 8.78 Å². The molecule has 0 amide bonds. The quantitative estimate of drug-likeness (QED) is 0.619.